The van der Waals surface area contributed by atoms with E-state index in [2.05, 4.69) is 31.8 Å². The lowest BCUT2D eigenvalue weighted by atomic mass is 9.98. The number of piperazine rings is 1. The van der Waals surface area contributed by atoms with E-state index < -0.39 is 0 Å². The second-order valence-corrected chi connectivity index (χ2v) is 7.05. The molecule has 24 heavy (non-hydrogen) atoms. The number of amides is 1. The standard InChI is InChI=1S/C17H30N6O/c1-20-7-3-2-4-16(20)5-6-17(24)22-11-8-21(9-12-22)10-13-23-15-18-14-19-23/h14-16H,2-13H2,1H3/t16-/m0/s1. The summed E-state index contributed by atoms with van der Waals surface area (Å²) in [7, 11) is 2.20. The van der Waals surface area contributed by atoms with Crippen molar-refractivity contribution in [3.8, 4) is 0 Å². The van der Waals surface area contributed by atoms with Crippen LogP contribution in [0.1, 0.15) is 32.1 Å². The molecule has 1 amide bonds. The third-order valence-corrected chi connectivity index (χ3v) is 5.45. The highest BCUT2D eigenvalue weighted by molar-refractivity contribution is 5.76. The number of likely N-dealkylation sites (tertiary alicyclic amines) is 1. The summed E-state index contributed by atoms with van der Waals surface area (Å²) in [5, 5.41) is 4.13. The van der Waals surface area contributed by atoms with E-state index in [4.69, 9.17) is 0 Å². The van der Waals surface area contributed by atoms with E-state index in [9.17, 15) is 4.79 Å². The molecule has 3 rings (SSSR count). The van der Waals surface area contributed by atoms with E-state index in [0.29, 0.717) is 18.4 Å². The SMILES string of the molecule is CN1CCCC[C@H]1CCC(=O)N1CCN(CCn2cncn2)CC1. The Bertz CT molecular complexity index is 497. The molecule has 0 radical (unpaired) electrons. The van der Waals surface area contributed by atoms with Crippen molar-refractivity contribution in [2.75, 3.05) is 46.3 Å². The quantitative estimate of drug-likeness (QED) is 0.766. The van der Waals surface area contributed by atoms with Gasteiger partial charge in [-0.1, -0.05) is 6.42 Å². The first-order valence-electron chi connectivity index (χ1n) is 9.25. The molecule has 2 aliphatic rings. The van der Waals surface area contributed by atoms with Gasteiger partial charge < -0.3 is 9.80 Å². The zero-order valence-electron chi connectivity index (χ0n) is 14.8. The molecule has 1 aromatic heterocycles. The van der Waals surface area contributed by atoms with Gasteiger partial charge >= 0.3 is 0 Å². The number of rotatable bonds is 6. The van der Waals surface area contributed by atoms with Crippen molar-refractivity contribution >= 4 is 5.91 Å². The second kappa shape index (κ2) is 8.58. The topological polar surface area (TPSA) is 57.5 Å². The lowest BCUT2D eigenvalue weighted by Crippen LogP contribution is -2.49. The third kappa shape index (κ3) is 4.77. The summed E-state index contributed by atoms with van der Waals surface area (Å²) in [4.78, 5) is 23.3. The Labute approximate surface area is 144 Å². The average Bonchev–Trinajstić information content (AvgIpc) is 3.13. The van der Waals surface area contributed by atoms with Crippen molar-refractivity contribution < 1.29 is 4.79 Å². The van der Waals surface area contributed by atoms with Crippen molar-refractivity contribution in [2.24, 2.45) is 0 Å². The summed E-state index contributed by atoms with van der Waals surface area (Å²) in [5.41, 5.74) is 0. The summed E-state index contributed by atoms with van der Waals surface area (Å²) in [6, 6.07) is 0.603. The molecule has 0 aliphatic carbocycles. The van der Waals surface area contributed by atoms with Crippen LogP contribution in [-0.4, -0.2) is 87.7 Å². The Morgan fingerprint density at radius 1 is 1.12 bits per heavy atom. The fourth-order valence-electron chi connectivity index (χ4n) is 3.77. The zero-order chi connectivity index (χ0) is 16.8. The highest BCUT2D eigenvalue weighted by Crippen LogP contribution is 2.19. The van der Waals surface area contributed by atoms with Gasteiger partial charge in [0.15, 0.2) is 0 Å². The lowest BCUT2D eigenvalue weighted by molar-refractivity contribution is -0.133. The smallest absolute Gasteiger partial charge is 0.222 e. The number of carbonyl (C=O) groups excluding carboxylic acids is 1. The maximum Gasteiger partial charge on any atom is 0.222 e. The molecule has 3 heterocycles. The largest absolute Gasteiger partial charge is 0.340 e. The van der Waals surface area contributed by atoms with Gasteiger partial charge in [0.05, 0.1) is 6.54 Å². The van der Waals surface area contributed by atoms with E-state index in [1.165, 1.54) is 25.8 Å². The first kappa shape index (κ1) is 17.4. The summed E-state index contributed by atoms with van der Waals surface area (Å²) in [5.74, 6) is 0.338. The summed E-state index contributed by atoms with van der Waals surface area (Å²) in [6.07, 6.45) is 8.91. The number of piperidine rings is 1. The van der Waals surface area contributed by atoms with Crippen molar-refractivity contribution in [3.63, 3.8) is 0 Å². The minimum atomic E-state index is 0.338. The molecular formula is C17H30N6O. The number of aromatic nitrogens is 3. The number of nitrogens with zero attached hydrogens (tertiary/aromatic N) is 6. The van der Waals surface area contributed by atoms with E-state index >= 15 is 0 Å². The van der Waals surface area contributed by atoms with Crippen LogP contribution >= 0.6 is 0 Å². The van der Waals surface area contributed by atoms with Crippen LogP contribution < -0.4 is 0 Å². The van der Waals surface area contributed by atoms with Crippen LogP contribution in [0.3, 0.4) is 0 Å². The van der Waals surface area contributed by atoms with Crippen LogP contribution in [0.15, 0.2) is 12.7 Å². The molecule has 2 fully saturated rings. The van der Waals surface area contributed by atoms with Gasteiger partial charge in [-0.05, 0) is 32.9 Å². The lowest BCUT2D eigenvalue weighted by Gasteiger charge is -2.36. The van der Waals surface area contributed by atoms with E-state index in [1.807, 2.05) is 4.68 Å². The molecule has 1 aromatic rings. The molecule has 0 N–H and O–H groups in total. The van der Waals surface area contributed by atoms with Gasteiger partial charge in [0.25, 0.3) is 0 Å². The maximum atomic E-state index is 12.5. The minimum Gasteiger partial charge on any atom is -0.340 e. The van der Waals surface area contributed by atoms with Crippen LogP contribution in [0.2, 0.25) is 0 Å². The molecule has 0 bridgehead atoms. The molecule has 0 aromatic carbocycles. The highest BCUT2D eigenvalue weighted by atomic mass is 16.2. The summed E-state index contributed by atoms with van der Waals surface area (Å²) >= 11 is 0. The number of carbonyl (C=O) groups is 1. The Morgan fingerprint density at radius 3 is 2.67 bits per heavy atom. The van der Waals surface area contributed by atoms with E-state index in [0.717, 1.165) is 45.7 Å². The van der Waals surface area contributed by atoms with Crippen LogP contribution in [0, 0.1) is 0 Å². The van der Waals surface area contributed by atoms with Crippen molar-refractivity contribution in [1.29, 1.82) is 0 Å². The maximum absolute atomic E-state index is 12.5. The van der Waals surface area contributed by atoms with E-state index in [1.54, 1.807) is 12.7 Å². The van der Waals surface area contributed by atoms with Gasteiger partial charge in [0.1, 0.15) is 12.7 Å². The Kier molecular flexibility index (Phi) is 6.20. The van der Waals surface area contributed by atoms with Crippen LogP contribution in [0.5, 0.6) is 0 Å². The monoisotopic (exact) mass is 334 g/mol. The number of hydrogen-bond donors (Lipinski definition) is 0. The van der Waals surface area contributed by atoms with Gasteiger partial charge in [-0.25, -0.2) is 4.98 Å². The van der Waals surface area contributed by atoms with Crippen LogP contribution in [0.25, 0.3) is 0 Å². The summed E-state index contributed by atoms with van der Waals surface area (Å²) < 4.78 is 1.86. The van der Waals surface area contributed by atoms with E-state index in [-0.39, 0.29) is 0 Å². The Hall–Kier alpha value is -1.47. The normalized spacial score (nSPS) is 23.5. The summed E-state index contributed by atoms with van der Waals surface area (Å²) in [6.45, 7) is 6.66. The van der Waals surface area contributed by atoms with Gasteiger partial charge in [-0.15, -0.1) is 0 Å². The molecule has 0 spiro atoms. The van der Waals surface area contributed by atoms with Gasteiger partial charge in [0, 0.05) is 45.2 Å². The number of hydrogen-bond acceptors (Lipinski definition) is 5. The fraction of sp³-hybridized carbons (Fsp3) is 0.824. The van der Waals surface area contributed by atoms with Crippen molar-refractivity contribution in [1.82, 2.24) is 29.5 Å². The zero-order valence-corrected chi connectivity index (χ0v) is 14.8. The minimum absolute atomic E-state index is 0.338. The Morgan fingerprint density at radius 2 is 1.96 bits per heavy atom. The molecule has 7 nitrogen and oxygen atoms in total. The molecule has 0 saturated carbocycles. The first-order chi connectivity index (χ1) is 11.7. The van der Waals surface area contributed by atoms with Crippen LogP contribution in [0.4, 0.5) is 0 Å². The molecule has 2 aliphatic heterocycles. The van der Waals surface area contributed by atoms with Crippen molar-refractivity contribution in [3.05, 3.63) is 12.7 Å². The molecular weight excluding hydrogens is 304 g/mol. The molecule has 2 saturated heterocycles. The highest BCUT2D eigenvalue weighted by Gasteiger charge is 2.24. The van der Waals surface area contributed by atoms with Gasteiger partial charge in [0.2, 0.25) is 5.91 Å². The second-order valence-electron chi connectivity index (χ2n) is 7.05. The van der Waals surface area contributed by atoms with Gasteiger partial charge in [-0.2, -0.15) is 5.10 Å². The van der Waals surface area contributed by atoms with Gasteiger partial charge in [-0.3, -0.25) is 14.4 Å². The average molecular weight is 334 g/mol. The molecule has 1 atom stereocenters. The third-order valence-electron chi connectivity index (χ3n) is 5.45. The predicted molar refractivity (Wildman–Crippen MR) is 92.5 cm³/mol. The molecule has 134 valence electrons. The molecule has 0 unspecified atom stereocenters. The molecule has 7 heteroatoms. The Balaban J connectivity index is 1.34. The fourth-order valence-corrected chi connectivity index (χ4v) is 3.77. The van der Waals surface area contributed by atoms with Crippen LogP contribution in [-0.2, 0) is 11.3 Å². The first-order valence-corrected chi connectivity index (χ1v) is 9.25. The predicted octanol–water partition coefficient (Wildman–Crippen LogP) is 0.687. The van der Waals surface area contributed by atoms with Crippen molar-refractivity contribution in [2.45, 2.75) is 44.7 Å².